The molecule has 0 radical (unpaired) electrons. The molecule has 1 aromatic heterocycles. The lowest BCUT2D eigenvalue weighted by molar-refractivity contribution is -0.138. The van der Waals surface area contributed by atoms with Gasteiger partial charge in [0.15, 0.2) is 12.4 Å². The zero-order chi connectivity index (χ0) is 27.7. The summed E-state index contributed by atoms with van der Waals surface area (Å²) in [4.78, 5) is 38.0. The SMILES string of the molecule is CCCCCCCn1c(COC(=O)c2ccc(SC(C)(C)C(=O)O)cc2)nn(Cc2ccc(C)cc2)c1=O. The van der Waals surface area contributed by atoms with Crippen LogP contribution in [0.2, 0.25) is 0 Å². The third-order valence-corrected chi connectivity index (χ3v) is 7.44. The molecular formula is C29H37N3O5S. The summed E-state index contributed by atoms with van der Waals surface area (Å²) >= 11 is 1.20. The quantitative estimate of drug-likeness (QED) is 0.160. The average molecular weight is 540 g/mol. The van der Waals surface area contributed by atoms with Crippen molar-refractivity contribution in [1.29, 1.82) is 0 Å². The van der Waals surface area contributed by atoms with Crippen molar-refractivity contribution in [3.05, 3.63) is 81.5 Å². The first kappa shape index (κ1) is 29.2. The van der Waals surface area contributed by atoms with Crippen LogP contribution in [0.4, 0.5) is 0 Å². The van der Waals surface area contributed by atoms with E-state index < -0.39 is 16.7 Å². The number of carbonyl (C=O) groups is 2. The Bertz CT molecular complexity index is 1280. The van der Waals surface area contributed by atoms with Gasteiger partial charge in [0.05, 0.1) is 12.1 Å². The highest BCUT2D eigenvalue weighted by Gasteiger charge is 2.28. The Morgan fingerprint density at radius 1 is 1.00 bits per heavy atom. The minimum absolute atomic E-state index is 0.119. The lowest BCUT2D eigenvalue weighted by Crippen LogP contribution is -2.26. The average Bonchev–Trinajstić information content (AvgIpc) is 3.17. The second kappa shape index (κ2) is 13.5. The van der Waals surface area contributed by atoms with Gasteiger partial charge in [0, 0.05) is 11.4 Å². The van der Waals surface area contributed by atoms with Gasteiger partial charge in [-0.2, -0.15) is 5.10 Å². The van der Waals surface area contributed by atoms with Crippen molar-refractivity contribution >= 4 is 23.7 Å². The summed E-state index contributed by atoms with van der Waals surface area (Å²) in [5.41, 5.74) is 2.24. The van der Waals surface area contributed by atoms with Gasteiger partial charge in [-0.1, -0.05) is 62.4 Å². The van der Waals surface area contributed by atoms with Crippen LogP contribution in [0.3, 0.4) is 0 Å². The second-order valence-electron chi connectivity index (χ2n) is 9.93. The van der Waals surface area contributed by atoms with Gasteiger partial charge in [0.2, 0.25) is 0 Å². The standard InChI is InChI=1S/C29H37N3O5S/c1-5-6-7-8-9-18-31-25(30-32(28(31)36)19-22-12-10-21(2)11-13-22)20-37-26(33)23-14-16-24(17-15-23)38-29(3,4)27(34)35/h10-17H,5-9,18-20H2,1-4H3,(H,34,35). The maximum Gasteiger partial charge on any atom is 0.346 e. The number of aliphatic carboxylic acids is 1. The highest BCUT2D eigenvalue weighted by Crippen LogP contribution is 2.32. The number of thioether (sulfide) groups is 1. The molecule has 204 valence electrons. The molecule has 0 bridgehead atoms. The number of carbonyl (C=O) groups excluding carboxylic acids is 1. The molecule has 3 rings (SSSR count). The summed E-state index contributed by atoms with van der Waals surface area (Å²) in [6, 6.07) is 14.6. The van der Waals surface area contributed by atoms with E-state index in [2.05, 4.69) is 12.0 Å². The minimum Gasteiger partial charge on any atom is -0.480 e. The number of hydrogen-bond acceptors (Lipinski definition) is 6. The van der Waals surface area contributed by atoms with Gasteiger partial charge in [-0.05, 0) is 57.0 Å². The number of esters is 1. The minimum atomic E-state index is -0.986. The van der Waals surface area contributed by atoms with Gasteiger partial charge in [0.1, 0.15) is 4.75 Å². The Morgan fingerprint density at radius 2 is 1.66 bits per heavy atom. The zero-order valence-corrected chi connectivity index (χ0v) is 23.4. The summed E-state index contributed by atoms with van der Waals surface area (Å²) in [6.07, 6.45) is 5.30. The highest BCUT2D eigenvalue weighted by molar-refractivity contribution is 8.01. The smallest absolute Gasteiger partial charge is 0.346 e. The Balaban J connectivity index is 1.71. The van der Waals surface area contributed by atoms with Crippen LogP contribution in [0.25, 0.3) is 0 Å². The van der Waals surface area contributed by atoms with Crippen LogP contribution in [0, 0.1) is 6.92 Å². The molecule has 0 fully saturated rings. The van der Waals surface area contributed by atoms with E-state index in [4.69, 9.17) is 4.74 Å². The predicted octanol–water partition coefficient (Wildman–Crippen LogP) is 5.68. The molecule has 0 unspecified atom stereocenters. The highest BCUT2D eigenvalue weighted by atomic mass is 32.2. The molecule has 3 aromatic rings. The summed E-state index contributed by atoms with van der Waals surface area (Å²) in [5.74, 6) is -1.03. The van der Waals surface area contributed by atoms with Crippen LogP contribution in [0.5, 0.6) is 0 Å². The fourth-order valence-corrected chi connectivity index (χ4v) is 4.82. The third-order valence-electron chi connectivity index (χ3n) is 6.25. The van der Waals surface area contributed by atoms with E-state index >= 15 is 0 Å². The molecule has 0 amide bonds. The first-order chi connectivity index (χ1) is 18.1. The largest absolute Gasteiger partial charge is 0.480 e. The number of carboxylic acids is 1. The van der Waals surface area contributed by atoms with E-state index in [9.17, 15) is 19.5 Å². The van der Waals surface area contributed by atoms with Gasteiger partial charge in [-0.15, -0.1) is 11.8 Å². The summed E-state index contributed by atoms with van der Waals surface area (Å²) < 4.78 is 7.59. The topological polar surface area (TPSA) is 103 Å². The van der Waals surface area contributed by atoms with Gasteiger partial charge in [0.25, 0.3) is 0 Å². The van der Waals surface area contributed by atoms with Gasteiger partial charge >= 0.3 is 17.6 Å². The van der Waals surface area contributed by atoms with Gasteiger partial charge in [-0.25, -0.2) is 14.3 Å². The van der Waals surface area contributed by atoms with E-state index in [1.165, 1.54) is 16.4 Å². The molecule has 0 saturated heterocycles. The van der Waals surface area contributed by atoms with Crippen LogP contribution < -0.4 is 5.69 Å². The third kappa shape index (κ3) is 8.08. The lowest BCUT2D eigenvalue weighted by atomic mass is 10.1. The Hall–Kier alpha value is -3.33. The molecule has 0 atom stereocenters. The predicted molar refractivity (Wildman–Crippen MR) is 149 cm³/mol. The monoisotopic (exact) mass is 539 g/mol. The molecule has 0 spiro atoms. The Morgan fingerprint density at radius 3 is 2.29 bits per heavy atom. The number of aromatic nitrogens is 3. The van der Waals surface area contributed by atoms with Gasteiger partial charge in [-0.3, -0.25) is 9.36 Å². The number of aryl methyl sites for hydroxylation is 1. The van der Waals surface area contributed by atoms with Crippen molar-refractivity contribution in [1.82, 2.24) is 14.3 Å². The van der Waals surface area contributed by atoms with Crippen molar-refractivity contribution < 1.29 is 19.4 Å². The Kier molecular flexibility index (Phi) is 10.4. The van der Waals surface area contributed by atoms with Crippen LogP contribution in [-0.2, 0) is 29.2 Å². The van der Waals surface area contributed by atoms with E-state index in [0.29, 0.717) is 24.5 Å². The molecule has 9 heteroatoms. The number of benzene rings is 2. The van der Waals surface area contributed by atoms with Crippen LogP contribution >= 0.6 is 11.8 Å². The van der Waals surface area contributed by atoms with E-state index in [1.807, 2.05) is 31.2 Å². The van der Waals surface area contributed by atoms with Crippen LogP contribution in [0.1, 0.15) is 80.2 Å². The number of rotatable bonds is 14. The summed E-state index contributed by atoms with van der Waals surface area (Å²) in [6.45, 7) is 8.18. The number of unbranched alkanes of at least 4 members (excludes halogenated alkanes) is 4. The lowest BCUT2D eigenvalue weighted by Gasteiger charge is -2.18. The summed E-state index contributed by atoms with van der Waals surface area (Å²) in [7, 11) is 0. The van der Waals surface area contributed by atoms with Crippen LogP contribution in [0.15, 0.2) is 58.2 Å². The zero-order valence-electron chi connectivity index (χ0n) is 22.6. The van der Waals surface area contributed by atoms with E-state index in [-0.39, 0.29) is 12.3 Å². The maximum atomic E-state index is 13.2. The fraction of sp³-hybridized carbons (Fsp3) is 0.448. The van der Waals surface area contributed by atoms with Crippen molar-refractivity contribution in [3.8, 4) is 0 Å². The van der Waals surface area contributed by atoms with Crippen molar-refractivity contribution in [3.63, 3.8) is 0 Å². The number of carboxylic acid groups (broad SMARTS) is 1. The molecule has 0 aliphatic carbocycles. The van der Waals surface area contributed by atoms with Gasteiger partial charge < -0.3 is 9.84 Å². The number of ether oxygens (including phenoxy) is 1. The molecule has 38 heavy (non-hydrogen) atoms. The van der Waals surface area contributed by atoms with E-state index in [1.54, 1.807) is 42.7 Å². The normalized spacial score (nSPS) is 11.5. The molecule has 1 N–H and O–H groups in total. The molecular weight excluding hydrogens is 502 g/mol. The van der Waals surface area contributed by atoms with Crippen molar-refractivity contribution in [2.24, 2.45) is 0 Å². The first-order valence-electron chi connectivity index (χ1n) is 13.0. The number of hydrogen-bond donors (Lipinski definition) is 1. The van der Waals surface area contributed by atoms with Crippen molar-refractivity contribution in [2.75, 3.05) is 0 Å². The Labute approximate surface area is 228 Å². The molecule has 0 aliphatic rings. The number of nitrogens with zero attached hydrogens (tertiary/aromatic N) is 3. The molecule has 1 heterocycles. The maximum absolute atomic E-state index is 13.2. The fourth-order valence-electron chi connectivity index (χ4n) is 3.87. The van der Waals surface area contributed by atoms with E-state index in [0.717, 1.165) is 48.1 Å². The summed E-state index contributed by atoms with van der Waals surface area (Å²) in [5, 5.41) is 13.8. The second-order valence-corrected chi connectivity index (χ2v) is 11.6. The van der Waals surface area contributed by atoms with Crippen molar-refractivity contribution in [2.45, 2.75) is 89.1 Å². The molecule has 0 saturated carbocycles. The van der Waals surface area contributed by atoms with Crippen LogP contribution in [-0.4, -0.2) is 36.1 Å². The first-order valence-corrected chi connectivity index (χ1v) is 13.8. The molecule has 0 aliphatic heterocycles. The molecule has 8 nitrogen and oxygen atoms in total. The molecule has 2 aromatic carbocycles.